The number of aliphatic hydroxyl groups excluding tert-OH is 1. The summed E-state index contributed by atoms with van der Waals surface area (Å²) in [5.74, 6) is -0.0557. The summed E-state index contributed by atoms with van der Waals surface area (Å²) in [5, 5.41) is 14.3. The van der Waals surface area contributed by atoms with E-state index in [2.05, 4.69) is 17.6 Å². The maximum atomic E-state index is 12.6. The predicted molar refractivity (Wildman–Crippen MR) is 102 cm³/mol. The molecule has 2 aromatic carbocycles. The van der Waals surface area contributed by atoms with Crippen LogP contribution in [0, 0.1) is 0 Å². The maximum absolute atomic E-state index is 12.6. The molecule has 0 fully saturated rings. The van der Waals surface area contributed by atoms with Gasteiger partial charge in [-0.05, 0) is 31.0 Å². The Kier molecular flexibility index (Phi) is 5.46. The van der Waals surface area contributed by atoms with E-state index >= 15 is 0 Å². The topological polar surface area (TPSA) is 87.7 Å². The fourth-order valence-electron chi connectivity index (χ4n) is 3.35. The third-order valence-corrected chi connectivity index (χ3v) is 4.95. The van der Waals surface area contributed by atoms with Crippen molar-refractivity contribution in [1.82, 2.24) is 10.6 Å². The molecular weight excluding hydrogens is 344 g/mol. The molecule has 0 aromatic heterocycles. The molecule has 1 aliphatic rings. The number of carbonyl (C=O) groups is 2. The number of amides is 2. The Bertz CT molecular complexity index is 851. The van der Waals surface area contributed by atoms with E-state index in [9.17, 15) is 9.59 Å². The van der Waals surface area contributed by atoms with Crippen molar-refractivity contribution < 1.29 is 19.4 Å². The molecule has 1 atom stereocenters. The largest absolute Gasteiger partial charge is 0.491 e. The van der Waals surface area contributed by atoms with Gasteiger partial charge in [-0.2, -0.15) is 0 Å². The van der Waals surface area contributed by atoms with Gasteiger partial charge in [-0.1, -0.05) is 30.3 Å². The molecule has 6 nitrogen and oxygen atoms in total. The Morgan fingerprint density at radius 2 is 1.93 bits per heavy atom. The van der Waals surface area contributed by atoms with Gasteiger partial charge in [-0.25, -0.2) is 0 Å². The average Bonchev–Trinajstić information content (AvgIpc) is 3.05. The number of fused-ring (bicyclic) bond motifs is 1. The predicted octanol–water partition coefficient (Wildman–Crippen LogP) is 1.86. The van der Waals surface area contributed by atoms with E-state index in [0.29, 0.717) is 36.4 Å². The minimum absolute atomic E-state index is 0.00781. The number of benzene rings is 2. The third-order valence-electron chi connectivity index (χ3n) is 4.95. The zero-order valence-electron chi connectivity index (χ0n) is 15.5. The van der Waals surface area contributed by atoms with Crippen molar-refractivity contribution in [3.05, 3.63) is 64.7 Å². The Labute approximate surface area is 158 Å². The highest BCUT2D eigenvalue weighted by atomic mass is 16.5. The standard InChI is InChI=1S/C21H24N2O4/c1-21(15-7-4-3-5-8-15)13-27-18-16(20(26)22-2)11-14(12-17(18)21)19(25)23-9-6-10-24/h3-5,7-8,11-12,24H,6,9-10,13H2,1-2H3,(H,22,26)(H,23,25)/t21-/m1/s1. The second-order valence-corrected chi connectivity index (χ2v) is 6.80. The van der Waals surface area contributed by atoms with Crippen molar-refractivity contribution in [3.63, 3.8) is 0 Å². The van der Waals surface area contributed by atoms with Crippen LogP contribution in [0.2, 0.25) is 0 Å². The smallest absolute Gasteiger partial charge is 0.254 e. The molecule has 0 aliphatic carbocycles. The summed E-state index contributed by atoms with van der Waals surface area (Å²) in [5.41, 5.74) is 2.17. The number of nitrogens with one attached hydrogen (secondary N) is 2. The van der Waals surface area contributed by atoms with Gasteiger partial charge in [0.05, 0.1) is 11.0 Å². The first kappa shape index (κ1) is 18.9. The lowest BCUT2D eigenvalue weighted by atomic mass is 9.77. The van der Waals surface area contributed by atoms with E-state index in [1.807, 2.05) is 30.3 Å². The maximum Gasteiger partial charge on any atom is 0.254 e. The Morgan fingerprint density at radius 3 is 2.59 bits per heavy atom. The molecule has 3 N–H and O–H groups in total. The Morgan fingerprint density at radius 1 is 1.19 bits per heavy atom. The fraction of sp³-hybridized carbons (Fsp3) is 0.333. The summed E-state index contributed by atoms with van der Waals surface area (Å²) < 4.78 is 5.93. The number of hydrogen-bond donors (Lipinski definition) is 3. The van der Waals surface area contributed by atoms with Crippen molar-refractivity contribution in [2.45, 2.75) is 18.8 Å². The summed E-state index contributed by atoms with van der Waals surface area (Å²) in [7, 11) is 1.55. The fourth-order valence-corrected chi connectivity index (χ4v) is 3.35. The molecule has 0 radical (unpaired) electrons. The van der Waals surface area contributed by atoms with E-state index in [1.165, 1.54) is 0 Å². The molecule has 0 unspecified atom stereocenters. The van der Waals surface area contributed by atoms with Gasteiger partial charge in [0.25, 0.3) is 11.8 Å². The molecule has 1 aliphatic heterocycles. The number of carbonyl (C=O) groups excluding carboxylic acids is 2. The van der Waals surface area contributed by atoms with Crippen molar-refractivity contribution in [2.24, 2.45) is 0 Å². The lowest BCUT2D eigenvalue weighted by Gasteiger charge is -2.24. The normalized spacial score (nSPS) is 17.7. The number of rotatable bonds is 6. The van der Waals surface area contributed by atoms with Gasteiger partial charge in [-0.3, -0.25) is 9.59 Å². The van der Waals surface area contributed by atoms with Gasteiger partial charge in [0.2, 0.25) is 0 Å². The van der Waals surface area contributed by atoms with Crippen LogP contribution < -0.4 is 15.4 Å². The first-order chi connectivity index (χ1) is 13.0. The molecule has 0 saturated heterocycles. The minimum atomic E-state index is -0.458. The Balaban J connectivity index is 2.08. The molecular formula is C21H24N2O4. The van der Waals surface area contributed by atoms with Crippen LogP contribution in [0.1, 0.15) is 45.2 Å². The summed E-state index contributed by atoms with van der Waals surface area (Å²) in [6.45, 7) is 2.82. The van der Waals surface area contributed by atoms with Crippen molar-refractivity contribution in [3.8, 4) is 5.75 Å². The lowest BCUT2D eigenvalue weighted by Crippen LogP contribution is -2.28. The molecule has 6 heteroatoms. The van der Waals surface area contributed by atoms with Crippen LogP contribution in [0.4, 0.5) is 0 Å². The zero-order valence-corrected chi connectivity index (χ0v) is 15.5. The summed E-state index contributed by atoms with van der Waals surface area (Å²) in [6, 6.07) is 13.3. The van der Waals surface area contributed by atoms with Crippen LogP contribution in [-0.2, 0) is 5.41 Å². The van der Waals surface area contributed by atoms with Crippen molar-refractivity contribution in [2.75, 3.05) is 26.8 Å². The van der Waals surface area contributed by atoms with Gasteiger partial charge in [0, 0.05) is 31.3 Å². The quantitative estimate of drug-likeness (QED) is 0.679. The van der Waals surface area contributed by atoms with E-state index in [0.717, 1.165) is 11.1 Å². The average molecular weight is 368 g/mol. The highest BCUT2D eigenvalue weighted by Crippen LogP contribution is 2.45. The zero-order chi connectivity index (χ0) is 19.4. The molecule has 27 heavy (non-hydrogen) atoms. The second kappa shape index (κ2) is 7.80. The SMILES string of the molecule is CNC(=O)c1cc(C(=O)NCCCO)cc2c1OC[C@]2(C)c1ccccc1. The highest BCUT2D eigenvalue weighted by molar-refractivity contribution is 6.02. The van der Waals surface area contributed by atoms with Crippen LogP contribution in [0.5, 0.6) is 5.75 Å². The molecule has 1 heterocycles. The molecule has 2 aromatic rings. The van der Waals surface area contributed by atoms with Crippen LogP contribution >= 0.6 is 0 Å². The van der Waals surface area contributed by atoms with Crippen LogP contribution in [0.15, 0.2) is 42.5 Å². The van der Waals surface area contributed by atoms with Gasteiger partial charge in [-0.15, -0.1) is 0 Å². The van der Waals surface area contributed by atoms with Gasteiger partial charge in [0.15, 0.2) is 0 Å². The molecule has 3 rings (SSSR count). The monoisotopic (exact) mass is 368 g/mol. The van der Waals surface area contributed by atoms with E-state index in [1.54, 1.807) is 19.2 Å². The van der Waals surface area contributed by atoms with Crippen LogP contribution in [0.3, 0.4) is 0 Å². The molecule has 2 amide bonds. The number of aliphatic hydroxyl groups is 1. The van der Waals surface area contributed by atoms with Gasteiger partial charge < -0.3 is 20.5 Å². The molecule has 0 spiro atoms. The first-order valence-corrected chi connectivity index (χ1v) is 8.99. The van der Waals surface area contributed by atoms with Crippen molar-refractivity contribution in [1.29, 1.82) is 0 Å². The first-order valence-electron chi connectivity index (χ1n) is 8.99. The lowest BCUT2D eigenvalue weighted by molar-refractivity contribution is 0.0951. The van der Waals surface area contributed by atoms with E-state index in [4.69, 9.17) is 9.84 Å². The summed E-state index contributed by atoms with van der Waals surface area (Å²) in [4.78, 5) is 25.0. The highest BCUT2D eigenvalue weighted by Gasteiger charge is 2.40. The molecule has 0 saturated carbocycles. The minimum Gasteiger partial charge on any atom is -0.491 e. The van der Waals surface area contributed by atoms with E-state index < -0.39 is 5.41 Å². The van der Waals surface area contributed by atoms with Crippen LogP contribution in [0.25, 0.3) is 0 Å². The molecule has 0 bridgehead atoms. The van der Waals surface area contributed by atoms with Crippen LogP contribution in [-0.4, -0.2) is 43.7 Å². The summed E-state index contributed by atoms with van der Waals surface area (Å²) >= 11 is 0. The van der Waals surface area contributed by atoms with Gasteiger partial charge in [0.1, 0.15) is 12.4 Å². The Hall–Kier alpha value is -2.86. The van der Waals surface area contributed by atoms with E-state index in [-0.39, 0.29) is 18.4 Å². The van der Waals surface area contributed by atoms with Gasteiger partial charge >= 0.3 is 0 Å². The van der Waals surface area contributed by atoms with Crippen molar-refractivity contribution >= 4 is 11.8 Å². The number of hydrogen-bond acceptors (Lipinski definition) is 4. The molecule has 142 valence electrons. The third kappa shape index (κ3) is 3.53. The summed E-state index contributed by atoms with van der Waals surface area (Å²) in [6.07, 6.45) is 0.476. The number of ether oxygens (including phenoxy) is 1. The second-order valence-electron chi connectivity index (χ2n) is 6.80.